The Morgan fingerprint density at radius 2 is 2.04 bits per heavy atom. The molecule has 2 heterocycles. The molecule has 3 rings (SSSR count). The Kier molecular flexibility index (Phi) is 5.08. The van der Waals surface area contributed by atoms with Gasteiger partial charge in [0.25, 0.3) is 5.91 Å². The van der Waals surface area contributed by atoms with E-state index < -0.39 is 5.60 Å². The van der Waals surface area contributed by atoms with Gasteiger partial charge in [0.15, 0.2) is 11.7 Å². The molecule has 7 heteroatoms. The molecule has 0 spiro atoms. The average molecular weight is 334 g/mol. The van der Waals surface area contributed by atoms with Crippen molar-refractivity contribution in [1.29, 1.82) is 0 Å². The van der Waals surface area contributed by atoms with Gasteiger partial charge in [0.2, 0.25) is 0 Å². The quantitative estimate of drug-likeness (QED) is 0.632. The van der Waals surface area contributed by atoms with E-state index in [0.717, 1.165) is 44.9 Å². The van der Waals surface area contributed by atoms with Gasteiger partial charge in [-0.15, -0.1) is 0 Å². The van der Waals surface area contributed by atoms with Gasteiger partial charge in [-0.25, -0.2) is 0 Å². The van der Waals surface area contributed by atoms with E-state index in [1.165, 1.54) is 6.26 Å². The van der Waals surface area contributed by atoms with Gasteiger partial charge in [0, 0.05) is 32.7 Å². The third-order valence-electron chi connectivity index (χ3n) is 4.74. The van der Waals surface area contributed by atoms with E-state index in [1.807, 2.05) is 6.92 Å². The molecule has 7 nitrogen and oxygen atoms in total. The standard InChI is InChI=1S/C17H26N4O3/c1-2-18-16(19-13-17(23)6-4-7-17)21-10-8-20(9-11-21)15(22)14-5-3-12-24-14/h3,5,12,23H,2,4,6-11,13H2,1H3,(H,18,19). The number of hydrogen-bond acceptors (Lipinski definition) is 4. The number of rotatable bonds is 4. The van der Waals surface area contributed by atoms with Gasteiger partial charge in [0.05, 0.1) is 18.4 Å². The van der Waals surface area contributed by atoms with Crippen LogP contribution < -0.4 is 5.32 Å². The highest BCUT2D eigenvalue weighted by Crippen LogP contribution is 2.31. The van der Waals surface area contributed by atoms with Gasteiger partial charge in [0.1, 0.15) is 0 Å². The number of carbonyl (C=O) groups excluding carboxylic acids is 1. The van der Waals surface area contributed by atoms with Crippen LogP contribution in [0.25, 0.3) is 0 Å². The molecule has 1 aromatic heterocycles. The Morgan fingerprint density at radius 3 is 2.58 bits per heavy atom. The summed E-state index contributed by atoms with van der Waals surface area (Å²) in [7, 11) is 0. The van der Waals surface area contributed by atoms with E-state index >= 15 is 0 Å². The van der Waals surface area contributed by atoms with Crippen LogP contribution in [-0.4, -0.2) is 71.6 Å². The van der Waals surface area contributed by atoms with Crippen LogP contribution in [0.2, 0.25) is 0 Å². The fourth-order valence-electron chi connectivity index (χ4n) is 3.07. The molecule has 1 saturated carbocycles. The summed E-state index contributed by atoms with van der Waals surface area (Å²) in [6.45, 7) is 5.96. The molecule has 0 radical (unpaired) electrons. The second kappa shape index (κ2) is 7.25. The first-order chi connectivity index (χ1) is 11.6. The molecular weight excluding hydrogens is 308 g/mol. The molecule has 24 heavy (non-hydrogen) atoms. The van der Waals surface area contributed by atoms with Crippen molar-refractivity contribution in [2.45, 2.75) is 31.8 Å². The molecule has 1 aromatic rings. The van der Waals surface area contributed by atoms with Crippen molar-refractivity contribution < 1.29 is 14.3 Å². The Balaban J connectivity index is 1.56. The van der Waals surface area contributed by atoms with Crippen LogP contribution in [0.15, 0.2) is 27.8 Å². The van der Waals surface area contributed by atoms with Crippen molar-refractivity contribution in [1.82, 2.24) is 15.1 Å². The number of aliphatic imine (C=N–C) groups is 1. The normalized spacial score (nSPS) is 20.7. The van der Waals surface area contributed by atoms with Gasteiger partial charge < -0.3 is 24.6 Å². The SMILES string of the molecule is CCNC(=NCC1(O)CCC1)N1CCN(C(=O)c2ccco2)CC1. The number of aliphatic hydroxyl groups is 1. The minimum Gasteiger partial charge on any atom is -0.459 e. The van der Waals surface area contributed by atoms with Crippen LogP contribution in [0.3, 0.4) is 0 Å². The van der Waals surface area contributed by atoms with Gasteiger partial charge in [-0.1, -0.05) is 0 Å². The first kappa shape index (κ1) is 16.8. The maximum atomic E-state index is 12.3. The molecule has 1 saturated heterocycles. The van der Waals surface area contributed by atoms with E-state index in [9.17, 15) is 9.90 Å². The van der Waals surface area contributed by atoms with Crippen molar-refractivity contribution in [3.63, 3.8) is 0 Å². The number of amides is 1. The topological polar surface area (TPSA) is 81.3 Å². The fraction of sp³-hybridized carbons (Fsp3) is 0.647. The van der Waals surface area contributed by atoms with Crippen LogP contribution >= 0.6 is 0 Å². The molecule has 2 N–H and O–H groups in total. The zero-order valence-electron chi connectivity index (χ0n) is 14.2. The summed E-state index contributed by atoms with van der Waals surface area (Å²) in [5, 5.41) is 13.5. The van der Waals surface area contributed by atoms with Crippen molar-refractivity contribution in [3.8, 4) is 0 Å². The summed E-state index contributed by atoms with van der Waals surface area (Å²) >= 11 is 0. The fourth-order valence-corrected chi connectivity index (χ4v) is 3.07. The number of nitrogens with one attached hydrogen (secondary N) is 1. The van der Waals surface area contributed by atoms with Crippen molar-refractivity contribution in [2.75, 3.05) is 39.3 Å². The van der Waals surface area contributed by atoms with E-state index in [0.29, 0.717) is 25.4 Å². The van der Waals surface area contributed by atoms with E-state index in [1.54, 1.807) is 17.0 Å². The minimum absolute atomic E-state index is 0.0645. The van der Waals surface area contributed by atoms with Crippen molar-refractivity contribution in [2.24, 2.45) is 4.99 Å². The molecule has 0 atom stereocenters. The maximum absolute atomic E-state index is 12.3. The Morgan fingerprint density at radius 1 is 1.33 bits per heavy atom. The molecule has 0 aromatic carbocycles. The van der Waals surface area contributed by atoms with Gasteiger partial charge in [-0.3, -0.25) is 9.79 Å². The monoisotopic (exact) mass is 334 g/mol. The minimum atomic E-state index is -0.613. The van der Waals surface area contributed by atoms with E-state index in [4.69, 9.17) is 4.42 Å². The van der Waals surface area contributed by atoms with Crippen LogP contribution in [0.1, 0.15) is 36.7 Å². The zero-order valence-corrected chi connectivity index (χ0v) is 14.2. The van der Waals surface area contributed by atoms with Crippen molar-refractivity contribution >= 4 is 11.9 Å². The van der Waals surface area contributed by atoms with Crippen LogP contribution in [0.4, 0.5) is 0 Å². The lowest BCUT2D eigenvalue weighted by atomic mass is 9.80. The number of carbonyl (C=O) groups is 1. The molecule has 0 bridgehead atoms. The highest BCUT2D eigenvalue weighted by Gasteiger charge is 2.34. The highest BCUT2D eigenvalue weighted by atomic mass is 16.3. The van der Waals surface area contributed by atoms with Crippen LogP contribution in [0.5, 0.6) is 0 Å². The number of furan rings is 1. The van der Waals surface area contributed by atoms with Crippen LogP contribution in [-0.2, 0) is 0 Å². The lowest BCUT2D eigenvalue weighted by Crippen LogP contribution is -2.54. The molecular formula is C17H26N4O3. The second-order valence-electron chi connectivity index (χ2n) is 6.50. The number of guanidine groups is 1. The average Bonchev–Trinajstić information content (AvgIpc) is 3.11. The predicted octanol–water partition coefficient (Wildman–Crippen LogP) is 0.918. The third kappa shape index (κ3) is 3.72. The molecule has 1 amide bonds. The zero-order chi connectivity index (χ0) is 17.0. The first-order valence-corrected chi connectivity index (χ1v) is 8.70. The Bertz CT molecular complexity index is 573. The molecule has 0 unspecified atom stereocenters. The number of piperazine rings is 1. The largest absolute Gasteiger partial charge is 0.459 e. The Labute approximate surface area is 142 Å². The van der Waals surface area contributed by atoms with E-state index in [-0.39, 0.29) is 5.91 Å². The Hall–Kier alpha value is -2.02. The maximum Gasteiger partial charge on any atom is 0.289 e. The van der Waals surface area contributed by atoms with E-state index in [2.05, 4.69) is 15.2 Å². The predicted molar refractivity (Wildman–Crippen MR) is 91.0 cm³/mol. The van der Waals surface area contributed by atoms with Crippen molar-refractivity contribution in [3.05, 3.63) is 24.2 Å². The van der Waals surface area contributed by atoms with Gasteiger partial charge in [-0.2, -0.15) is 0 Å². The molecule has 2 aliphatic rings. The smallest absolute Gasteiger partial charge is 0.289 e. The number of hydrogen-bond donors (Lipinski definition) is 2. The molecule has 1 aliphatic carbocycles. The summed E-state index contributed by atoms with van der Waals surface area (Å²) in [5.41, 5.74) is -0.613. The second-order valence-corrected chi connectivity index (χ2v) is 6.50. The van der Waals surface area contributed by atoms with Gasteiger partial charge in [-0.05, 0) is 38.3 Å². The summed E-state index contributed by atoms with van der Waals surface area (Å²) in [5.74, 6) is 1.14. The molecule has 2 fully saturated rings. The molecule has 132 valence electrons. The lowest BCUT2D eigenvalue weighted by Gasteiger charge is -2.38. The van der Waals surface area contributed by atoms with Gasteiger partial charge >= 0.3 is 0 Å². The summed E-state index contributed by atoms with van der Waals surface area (Å²) in [4.78, 5) is 20.9. The third-order valence-corrected chi connectivity index (χ3v) is 4.74. The summed E-state index contributed by atoms with van der Waals surface area (Å²) < 4.78 is 5.19. The lowest BCUT2D eigenvalue weighted by molar-refractivity contribution is -0.0238. The number of nitrogens with zero attached hydrogens (tertiary/aromatic N) is 3. The summed E-state index contributed by atoms with van der Waals surface area (Å²) in [6.07, 6.45) is 4.27. The summed E-state index contributed by atoms with van der Waals surface area (Å²) in [6, 6.07) is 3.42. The molecule has 1 aliphatic heterocycles. The first-order valence-electron chi connectivity index (χ1n) is 8.70. The van der Waals surface area contributed by atoms with Crippen LogP contribution in [0, 0.1) is 0 Å². The highest BCUT2D eigenvalue weighted by molar-refractivity contribution is 5.91.